The van der Waals surface area contributed by atoms with Gasteiger partial charge in [0.1, 0.15) is 11.9 Å². The molecule has 0 bridgehead atoms. The van der Waals surface area contributed by atoms with Crippen LogP contribution in [0.15, 0.2) is 35.8 Å². The quantitative estimate of drug-likeness (QED) is 0.884. The standard InChI is InChI=1S/C12H14N2OS/c1-9(10-4-2-3-6-14-10)15-11-5-7-16-12(11)8-13/h2-7,9H,8,13H2,1H3. The molecule has 2 N–H and O–H groups in total. The van der Waals surface area contributed by atoms with Gasteiger partial charge in [0.05, 0.1) is 10.6 Å². The number of aromatic nitrogens is 1. The third-order valence-electron chi connectivity index (χ3n) is 2.30. The zero-order chi connectivity index (χ0) is 11.4. The lowest BCUT2D eigenvalue weighted by molar-refractivity contribution is 0.221. The number of nitrogens with two attached hydrogens (primary N) is 1. The summed E-state index contributed by atoms with van der Waals surface area (Å²) < 4.78 is 5.83. The van der Waals surface area contributed by atoms with Crippen LogP contribution in [0.4, 0.5) is 0 Å². The van der Waals surface area contributed by atoms with Crippen molar-refractivity contribution in [1.82, 2.24) is 4.98 Å². The van der Waals surface area contributed by atoms with Crippen LogP contribution < -0.4 is 10.5 Å². The first-order chi connectivity index (χ1) is 7.81. The average Bonchev–Trinajstić information content (AvgIpc) is 2.77. The van der Waals surface area contributed by atoms with Crippen LogP contribution >= 0.6 is 11.3 Å². The van der Waals surface area contributed by atoms with Gasteiger partial charge in [0, 0.05) is 12.7 Å². The van der Waals surface area contributed by atoms with E-state index >= 15 is 0 Å². The third kappa shape index (κ3) is 2.40. The van der Waals surface area contributed by atoms with Gasteiger partial charge >= 0.3 is 0 Å². The smallest absolute Gasteiger partial charge is 0.138 e. The molecule has 0 spiro atoms. The molecule has 0 radical (unpaired) electrons. The Kier molecular flexibility index (Phi) is 3.54. The number of thiophene rings is 1. The number of hydrogen-bond donors (Lipinski definition) is 1. The van der Waals surface area contributed by atoms with Crippen molar-refractivity contribution in [2.45, 2.75) is 19.6 Å². The first-order valence-electron chi connectivity index (χ1n) is 5.15. The SMILES string of the molecule is CC(Oc1ccsc1CN)c1ccccn1. The van der Waals surface area contributed by atoms with Gasteiger partial charge in [-0.15, -0.1) is 11.3 Å². The molecule has 0 aliphatic carbocycles. The highest BCUT2D eigenvalue weighted by Gasteiger charge is 2.11. The molecule has 1 atom stereocenters. The van der Waals surface area contributed by atoms with Gasteiger partial charge in [0.25, 0.3) is 0 Å². The number of ether oxygens (including phenoxy) is 1. The topological polar surface area (TPSA) is 48.1 Å². The molecule has 0 saturated carbocycles. The Labute approximate surface area is 98.9 Å². The Balaban J connectivity index is 2.11. The normalized spacial score (nSPS) is 12.4. The number of rotatable bonds is 4. The molecular weight excluding hydrogens is 220 g/mol. The van der Waals surface area contributed by atoms with Crippen molar-refractivity contribution in [3.63, 3.8) is 0 Å². The second-order valence-electron chi connectivity index (χ2n) is 3.43. The lowest BCUT2D eigenvalue weighted by Gasteiger charge is -2.13. The molecule has 3 nitrogen and oxygen atoms in total. The van der Waals surface area contributed by atoms with E-state index in [9.17, 15) is 0 Å². The molecule has 0 aliphatic rings. The van der Waals surface area contributed by atoms with Crippen molar-refractivity contribution in [2.75, 3.05) is 0 Å². The van der Waals surface area contributed by atoms with Crippen molar-refractivity contribution in [3.05, 3.63) is 46.4 Å². The fraction of sp³-hybridized carbons (Fsp3) is 0.250. The Morgan fingerprint density at radius 1 is 1.44 bits per heavy atom. The molecule has 16 heavy (non-hydrogen) atoms. The molecule has 2 heterocycles. The minimum absolute atomic E-state index is 0.0545. The van der Waals surface area contributed by atoms with Crippen molar-refractivity contribution in [3.8, 4) is 5.75 Å². The monoisotopic (exact) mass is 234 g/mol. The summed E-state index contributed by atoms with van der Waals surface area (Å²) in [5, 5.41) is 1.99. The van der Waals surface area contributed by atoms with Crippen molar-refractivity contribution >= 4 is 11.3 Å². The molecule has 0 aromatic carbocycles. The minimum Gasteiger partial charge on any atom is -0.483 e. The van der Waals surface area contributed by atoms with E-state index in [1.807, 2.05) is 36.6 Å². The molecule has 1 unspecified atom stereocenters. The van der Waals surface area contributed by atoms with Gasteiger partial charge in [-0.25, -0.2) is 0 Å². The summed E-state index contributed by atoms with van der Waals surface area (Å²) in [6, 6.07) is 7.76. The Morgan fingerprint density at radius 2 is 2.31 bits per heavy atom. The van der Waals surface area contributed by atoms with Crippen LogP contribution in [0.5, 0.6) is 5.75 Å². The first kappa shape index (κ1) is 11.1. The third-order valence-corrected chi connectivity index (χ3v) is 3.22. The van der Waals surface area contributed by atoms with E-state index in [2.05, 4.69) is 4.98 Å². The molecule has 84 valence electrons. The molecule has 0 saturated heterocycles. The molecule has 0 aliphatic heterocycles. The predicted octanol–water partition coefficient (Wildman–Crippen LogP) is 2.74. The van der Waals surface area contributed by atoms with E-state index in [0.29, 0.717) is 6.54 Å². The summed E-state index contributed by atoms with van der Waals surface area (Å²) in [5.41, 5.74) is 6.55. The second kappa shape index (κ2) is 5.09. The number of nitrogens with zero attached hydrogens (tertiary/aromatic N) is 1. The lowest BCUT2D eigenvalue weighted by Crippen LogP contribution is -2.06. The highest BCUT2D eigenvalue weighted by molar-refractivity contribution is 7.10. The first-order valence-corrected chi connectivity index (χ1v) is 6.03. The summed E-state index contributed by atoms with van der Waals surface area (Å²) >= 11 is 1.62. The highest BCUT2D eigenvalue weighted by atomic mass is 32.1. The molecule has 2 rings (SSSR count). The lowest BCUT2D eigenvalue weighted by atomic mass is 10.2. The molecular formula is C12H14N2OS. The summed E-state index contributed by atoms with van der Waals surface area (Å²) in [7, 11) is 0. The van der Waals surface area contributed by atoms with Gasteiger partial charge in [-0.3, -0.25) is 4.98 Å². The van der Waals surface area contributed by atoms with Gasteiger partial charge in [0.2, 0.25) is 0 Å². The fourth-order valence-corrected chi connectivity index (χ4v) is 2.13. The van der Waals surface area contributed by atoms with E-state index in [0.717, 1.165) is 16.3 Å². The van der Waals surface area contributed by atoms with Crippen LogP contribution in [0.3, 0.4) is 0 Å². The van der Waals surface area contributed by atoms with E-state index in [1.165, 1.54) is 0 Å². The summed E-state index contributed by atoms with van der Waals surface area (Å²) in [6.07, 6.45) is 1.72. The molecule has 2 aromatic rings. The maximum Gasteiger partial charge on any atom is 0.138 e. The molecule has 2 aromatic heterocycles. The highest BCUT2D eigenvalue weighted by Crippen LogP contribution is 2.28. The largest absolute Gasteiger partial charge is 0.483 e. The van der Waals surface area contributed by atoms with Crippen LogP contribution in [0.2, 0.25) is 0 Å². The maximum atomic E-state index is 5.83. The number of hydrogen-bond acceptors (Lipinski definition) is 4. The van der Waals surface area contributed by atoms with E-state index < -0.39 is 0 Å². The van der Waals surface area contributed by atoms with E-state index in [4.69, 9.17) is 10.5 Å². The zero-order valence-electron chi connectivity index (χ0n) is 9.09. The van der Waals surface area contributed by atoms with Crippen molar-refractivity contribution in [2.24, 2.45) is 5.73 Å². The van der Waals surface area contributed by atoms with Gasteiger partial charge in [-0.2, -0.15) is 0 Å². The molecule has 0 fully saturated rings. The van der Waals surface area contributed by atoms with Crippen LogP contribution in [-0.2, 0) is 6.54 Å². The fourth-order valence-electron chi connectivity index (χ4n) is 1.45. The van der Waals surface area contributed by atoms with Crippen LogP contribution in [-0.4, -0.2) is 4.98 Å². The van der Waals surface area contributed by atoms with Gasteiger partial charge < -0.3 is 10.5 Å². The average molecular weight is 234 g/mol. The molecule has 4 heteroatoms. The summed E-state index contributed by atoms with van der Waals surface area (Å²) in [5.74, 6) is 0.866. The number of pyridine rings is 1. The minimum atomic E-state index is -0.0545. The summed E-state index contributed by atoms with van der Waals surface area (Å²) in [6.45, 7) is 2.50. The zero-order valence-corrected chi connectivity index (χ0v) is 9.91. The second-order valence-corrected chi connectivity index (χ2v) is 4.43. The molecule has 0 amide bonds. The van der Waals surface area contributed by atoms with Crippen LogP contribution in [0, 0.1) is 0 Å². The van der Waals surface area contributed by atoms with Crippen molar-refractivity contribution < 1.29 is 4.74 Å². The maximum absolute atomic E-state index is 5.83. The Bertz CT molecular complexity index is 441. The van der Waals surface area contributed by atoms with Gasteiger partial charge in [-0.05, 0) is 30.5 Å². The van der Waals surface area contributed by atoms with Crippen LogP contribution in [0.25, 0.3) is 0 Å². The van der Waals surface area contributed by atoms with E-state index in [-0.39, 0.29) is 6.10 Å². The van der Waals surface area contributed by atoms with Crippen molar-refractivity contribution in [1.29, 1.82) is 0 Å². The van der Waals surface area contributed by atoms with Gasteiger partial charge in [0.15, 0.2) is 0 Å². The van der Waals surface area contributed by atoms with Crippen LogP contribution in [0.1, 0.15) is 23.6 Å². The summed E-state index contributed by atoms with van der Waals surface area (Å²) in [4.78, 5) is 5.33. The van der Waals surface area contributed by atoms with E-state index in [1.54, 1.807) is 17.5 Å². The Hall–Kier alpha value is -1.39. The Morgan fingerprint density at radius 3 is 3.00 bits per heavy atom. The van der Waals surface area contributed by atoms with Gasteiger partial charge in [-0.1, -0.05) is 6.07 Å². The predicted molar refractivity (Wildman–Crippen MR) is 65.5 cm³/mol.